The van der Waals surface area contributed by atoms with Crippen LogP contribution in [0.5, 0.6) is 0 Å². The van der Waals surface area contributed by atoms with E-state index in [-0.39, 0.29) is 62.8 Å². The number of halogens is 1. The number of rotatable bonds is 5. The van der Waals surface area contributed by atoms with Gasteiger partial charge in [-0.15, -0.1) is 0 Å². The number of carbonyl (C=O) groups excluding carboxylic acids is 4. The molecule has 3 aromatic carbocycles. The number of hydrogen-bond acceptors (Lipinski definition) is 5. The van der Waals surface area contributed by atoms with Crippen LogP contribution in [0.2, 0.25) is 5.02 Å². The molecule has 0 unspecified atom stereocenters. The van der Waals surface area contributed by atoms with Crippen LogP contribution in [0.25, 0.3) is 11.1 Å². The van der Waals surface area contributed by atoms with Crippen molar-refractivity contribution in [1.82, 2.24) is 20.0 Å². The topological polar surface area (TPSA) is 110 Å². The highest BCUT2D eigenvalue weighted by Gasteiger charge is 2.44. The van der Waals surface area contributed by atoms with E-state index in [9.17, 15) is 24.3 Å². The summed E-state index contributed by atoms with van der Waals surface area (Å²) < 4.78 is 0. The molecule has 2 bridgehead atoms. The molecule has 47 heavy (non-hydrogen) atoms. The molecule has 3 saturated heterocycles. The van der Waals surface area contributed by atoms with Crippen LogP contribution in [0.4, 0.5) is 0 Å². The zero-order valence-corrected chi connectivity index (χ0v) is 27.1. The van der Waals surface area contributed by atoms with Crippen LogP contribution >= 0.6 is 11.6 Å². The molecule has 246 valence electrons. The van der Waals surface area contributed by atoms with E-state index >= 15 is 0 Å². The van der Waals surface area contributed by atoms with E-state index in [1.54, 1.807) is 18.2 Å². The molecule has 7 rings (SSSR count). The van der Waals surface area contributed by atoms with Crippen LogP contribution < -0.4 is 5.32 Å². The third kappa shape index (κ3) is 7.85. The van der Waals surface area contributed by atoms with E-state index < -0.39 is 24.0 Å². The van der Waals surface area contributed by atoms with Crippen molar-refractivity contribution < 1.29 is 24.3 Å². The molecular formula is C37H41ClN4O5. The van der Waals surface area contributed by atoms with Crippen molar-refractivity contribution in [3.8, 4) is 11.1 Å². The molecule has 0 radical (unpaired) electrons. The fraction of sp³-hybridized carbons (Fsp3) is 0.405. The maximum absolute atomic E-state index is 14.4. The van der Waals surface area contributed by atoms with Gasteiger partial charge < -0.3 is 25.1 Å². The highest BCUT2D eigenvalue weighted by atomic mass is 35.5. The third-order valence-corrected chi connectivity index (χ3v) is 9.92. The molecule has 4 aliphatic rings. The second-order valence-electron chi connectivity index (χ2n) is 13.0. The van der Waals surface area contributed by atoms with Crippen molar-refractivity contribution >= 4 is 35.2 Å². The first-order valence-electron chi connectivity index (χ1n) is 16.4. The number of nitrogens with zero attached hydrogens (tertiary/aromatic N) is 3. The van der Waals surface area contributed by atoms with Gasteiger partial charge in [0.2, 0.25) is 23.6 Å². The largest absolute Gasteiger partial charge is 0.391 e. The summed E-state index contributed by atoms with van der Waals surface area (Å²) in [6.45, 7) is 0.329. The first kappa shape index (κ1) is 32.7. The molecule has 3 heterocycles. The summed E-state index contributed by atoms with van der Waals surface area (Å²) in [5.41, 5.74) is 3.54. The second kappa shape index (κ2) is 14.7. The first-order chi connectivity index (χ1) is 22.7. The number of fused-ring (bicyclic) bond motifs is 10. The summed E-state index contributed by atoms with van der Waals surface area (Å²) in [7, 11) is 0. The van der Waals surface area contributed by atoms with Crippen molar-refractivity contribution in [3.63, 3.8) is 0 Å². The second-order valence-corrected chi connectivity index (χ2v) is 13.5. The Morgan fingerprint density at radius 1 is 0.787 bits per heavy atom. The van der Waals surface area contributed by atoms with Gasteiger partial charge >= 0.3 is 0 Å². The monoisotopic (exact) mass is 656 g/mol. The molecule has 0 aromatic heterocycles. The van der Waals surface area contributed by atoms with Crippen LogP contribution in [0.3, 0.4) is 0 Å². The van der Waals surface area contributed by atoms with Crippen molar-refractivity contribution in [1.29, 1.82) is 0 Å². The van der Waals surface area contributed by atoms with Gasteiger partial charge in [-0.2, -0.15) is 0 Å². The predicted octanol–water partition coefficient (Wildman–Crippen LogP) is 4.26. The molecule has 0 spiro atoms. The average molecular weight is 657 g/mol. The Balaban J connectivity index is 1.35. The highest BCUT2D eigenvalue weighted by molar-refractivity contribution is 6.30. The Bertz CT molecular complexity index is 1610. The standard InChI is InChI=1S/C37H41ClN4O5/c38-30-11-6-7-26(17-30)20-41-24-35(45)40(21-29-10-4-5-12-32(29)27-8-2-1-3-9-27)23-34(44)39-19-25-13-15-28(16-14-25)36(46)42-22-31(43)18-33(42)37(41)47/h1-12,17,25,28,31,33,43H,13-16,18-24H2,(H,39,44)/t25?,28?,31-,33+/m1/s1. The van der Waals surface area contributed by atoms with Gasteiger partial charge in [0.25, 0.3) is 0 Å². The molecule has 3 aliphatic heterocycles. The van der Waals surface area contributed by atoms with Gasteiger partial charge in [-0.05, 0) is 66.0 Å². The quantitative estimate of drug-likeness (QED) is 0.399. The molecule has 10 heteroatoms. The van der Waals surface area contributed by atoms with Crippen LogP contribution in [-0.4, -0.2) is 81.8 Å². The van der Waals surface area contributed by atoms with E-state index in [0.717, 1.165) is 35.1 Å². The fourth-order valence-electron chi connectivity index (χ4n) is 7.16. The smallest absolute Gasteiger partial charge is 0.246 e. The summed E-state index contributed by atoms with van der Waals surface area (Å²) in [6, 6.07) is 23.9. The summed E-state index contributed by atoms with van der Waals surface area (Å²) in [5, 5.41) is 14.2. The molecule has 3 aromatic rings. The Morgan fingerprint density at radius 2 is 1.53 bits per heavy atom. The van der Waals surface area contributed by atoms with E-state index in [0.29, 0.717) is 24.4 Å². The molecule has 4 amide bonds. The Morgan fingerprint density at radius 3 is 2.30 bits per heavy atom. The summed E-state index contributed by atoms with van der Waals surface area (Å²) >= 11 is 6.28. The number of carbonyl (C=O) groups is 4. The zero-order chi connectivity index (χ0) is 32.9. The van der Waals surface area contributed by atoms with Gasteiger partial charge in [-0.1, -0.05) is 78.3 Å². The number of hydrogen-bond donors (Lipinski definition) is 2. The van der Waals surface area contributed by atoms with Gasteiger partial charge in [0.1, 0.15) is 12.6 Å². The summed E-state index contributed by atoms with van der Waals surface area (Å²) in [4.78, 5) is 60.3. The minimum Gasteiger partial charge on any atom is -0.391 e. The number of amides is 4. The van der Waals surface area contributed by atoms with Gasteiger partial charge in [0, 0.05) is 43.5 Å². The highest BCUT2D eigenvalue weighted by Crippen LogP contribution is 2.33. The maximum atomic E-state index is 14.4. The predicted molar refractivity (Wildman–Crippen MR) is 179 cm³/mol. The van der Waals surface area contributed by atoms with Gasteiger partial charge in [0.05, 0.1) is 12.6 Å². The van der Waals surface area contributed by atoms with Crippen molar-refractivity contribution in [2.24, 2.45) is 11.8 Å². The van der Waals surface area contributed by atoms with Crippen LogP contribution in [-0.2, 0) is 32.3 Å². The van der Waals surface area contributed by atoms with Gasteiger partial charge in [-0.3, -0.25) is 19.2 Å². The number of aliphatic hydroxyl groups excluding tert-OH is 1. The van der Waals surface area contributed by atoms with Gasteiger partial charge in [0.15, 0.2) is 0 Å². The van der Waals surface area contributed by atoms with E-state index in [4.69, 9.17) is 11.6 Å². The van der Waals surface area contributed by atoms with Crippen molar-refractivity contribution in [2.75, 3.05) is 26.2 Å². The fourth-order valence-corrected chi connectivity index (χ4v) is 7.38. The SMILES string of the molecule is O=C1CN(Cc2ccccc2-c2ccccc2)C(=O)CN(Cc2cccc(Cl)c2)C(=O)[C@@H]2C[C@@H](O)CN2C(=O)C2CCC(CC2)CN1. The van der Waals surface area contributed by atoms with E-state index in [1.807, 2.05) is 60.7 Å². The lowest BCUT2D eigenvalue weighted by molar-refractivity contribution is -0.150. The van der Waals surface area contributed by atoms with Crippen LogP contribution in [0.15, 0.2) is 78.9 Å². The van der Waals surface area contributed by atoms with Gasteiger partial charge in [-0.25, -0.2) is 0 Å². The molecule has 2 atom stereocenters. The number of nitrogens with one attached hydrogen (secondary N) is 1. The Hall–Kier alpha value is -4.21. The third-order valence-electron chi connectivity index (χ3n) is 9.68. The minimum absolute atomic E-state index is 0.0749. The zero-order valence-electron chi connectivity index (χ0n) is 26.4. The molecular weight excluding hydrogens is 616 g/mol. The first-order valence-corrected chi connectivity index (χ1v) is 16.8. The Kier molecular flexibility index (Phi) is 10.2. The van der Waals surface area contributed by atoms with Crippen molar-refractivity contribution in [3.05, 3.63) is 95.0 Å². The van der Waals surface area contributed by atoms with E-state index in [1.165, 1.54) is 14.7 Å². The Labute approximate surface area is 280 Å². The van der Waals surface area contributed by atoms with E-state index in [2.05, 4.69) is 5.32 Å². The lowest BCUT2D eigenvalue weighted by Crippen LogP contribution is -2.53. The number of aliphatic hydroxyl groups is 1. The average Bonchev–Trinajstić information content (AvgIpc) is 3.48. The summed E-state index contributed by atoms with van der Waals surface area (Å²) in [5.74, 6) is -1.20. The maximum Gasteiger partial charge on any atom is 0.246 e. The van der Waals surface area contributed by atoms with Crippen molar-refractivity contribution in [2.45, 2.75) is 57.3 Å². The molecule has 1 aliphatic carbocycles. The van der Waals surface area contributed by atoms with Crippen LogP contribution in [0.1, 0.15) is 43.2 Å². The molecule has 9 nitrogen and oxygen atoms in total. The van der Waals surface area contributed by atoms with Crippen LogP contribution in [0, 0.1) is 11.8 Å². The summed E-state index contributed by atoms with van der Waals surface area (Å²) in [6.07, 6.45) is 2.17. The lowest BCUT2D eigenvalue weighted by Gasteiger charge is -2.35. The minimum atomic E-state index is -0.884. The normalized spacial score (nSPS) is 24.4. The molecule has 1 saturated carbocycles. The molecule has 4 fully saturated rings. The molecule has 2 N–H and O–H groups in total. The number of benzene rings is 3. The lowest BCUT2D eigenvalue weighted by atomic mass is 9.81.